The van der Waals surface area contributed by atoms with Crippen LogP contribution in [0.3, 0.4) is 0 Å². The number of nitrogens with two attached hydrogens (primary N) is 1. The van der Waals surface area contributed by atoms with Crippen molar-refractivity contribution in [3.05, 3.63) is 53.3 Å². The first-order chi connectivity index (χ1) is 13.4. The summed E-state index contributed by atoms with van der Waals surface area (Å²) in [6.45, 7) is 1.28. The predicted octanol–water partition coefficient (Wildman–Crippen LogP) is 1.77. The van der Waals surface area contributed by atoms with Crippen LogP contribution in [-0.2, 0) is 4.84 Å². The molecule has 0 bridgehead atoms. The van der Waals surface area contributed by atoms with Gasteiger partial charge in [-0.05, 0) is 24.6 Å². The van der Waals surface area contributed by atoms with Gasteiger partial charge in [0.1, 0.15) is 17.1 Å². The molecule has 146 valence electrons. The summed E-state index contributed by atoms with van der Waals surface area (Å²) in [7, 11) is 0. The van der Waals surface area contributed by atoms with Crippen molar-refractivity contribution in [2.75, 3.05) is 18.5 Å². The molecule has 3 aromatic rings. The van der Waals surface area contributed by atoms with Crippen molar-refractivity contribution in [2.24, 2.45) is 5.73 Å². The lowest BCUT2D eigenvalue weighted by atomic mass is 10.1. The summed E-state index contributed by atoms with van der Waals surface area (Å²) in [6, 6.07) is 4.51. The Labute approximate surface area is 158 Å². The number of aliphatic hydroxyl groups excluding tert-OH is 1. The topological polar surface area (TPSA) is 140 Å². The average molecular weight is 388 g/mol. The molecule has 0 saturated carbocycles. The van der Waals surface area contributed by atoms with E-state index in [-0.39, 0.29) is 46.9 Å². The number of aryl methyl sites for hydroxylation is 1. The van der Waals surface area contributed by atoms with Gasteiger partial charge in [-0.25, -0.2) is 9.87 Å². The number of aromatic nitrogens is 1. The first-order valence-corrected chi connectivity index (χ1v) is 8.18. The molecule has 0 radical (unpaired) electrons. The van der Waals surface area contributed by atoms with Gasteiger partial charge in [-0.2, -0.15) is 0 Å². The summed E-state index contributed by atoms with van der Waals surface area (Å²) in [5, 5.41) is 11.8. The molecule has 0 aliphatic rings. The Balaban J connectivity index is 2.11. The van der Waals surface area contributed by atoms with Gasteiger partial charge >= 0.3 is 5.91 Å². The molecule has 1 aromatic carbocycles. The molecule has 0 aliphatic heterocycles. The number of nitrogens with zero attached hydrogens (tertiary/aromatic N) is 1. The molecule has 0 fully saturated rings. The Morgan fingerprint density at radius 1 is 1.36 bits per heavy atom. The van der Waals surface area contributed by atoms with E-state index in [1.165, 1.54) is 24.5 Å². The van der Waals surface area contributed by atoms with Crippen molar-refractivity contribution in [1.29, 1.82) is 0 Å². The van der Waals surface area contributed by atoms with Crippen LogP contribution in [0.1, 0.15) is 26.5 Å². The van der Waals surface area contributed by atoms with E-state index < -0.39 is 17.6 Å². The number of hydrogen-bond acceptors (Lipinski definition) is 7. The van der Waals surface area contributed by atoms with E-state index in [0.717, 1.165) is 0 Å². The molecule has 0 saturated heterocycles. The second-order valence-corrected chi connectivity index (χ2v) is 5.85. The molecule has 2 amide bonds. The summed E-state index contributed by atoms with van der Waals surface area (Å²) in [5.41, 5.74) is 8.29. The Morgan fingerprint density at radius 2 is 2.14 bits per heavy atom. The Morgan fingerprint density at radius 3 is 2.82 bits per heavy atom. The first kappa shape index (κ1) is 19.3. The van der Waals surface area contributed by atoms with Crippen LogP contribution in [0.5, 0.6) is 0 Å². The van der Waals surface area contributed by atoms with Crippen LogP contribution in [-0.4, -0.2) is 35.1 Å². The number of primary amides is 1. The molecule has 0 unspecified atom stereocenters. The van der Waals surface area contributed by atoms with Crippen molar-refractivity contribution in [3.63, 3.8) is 0 Å². The molecule has 3 rings (SSSR count). The lowest BCUT2D eigenvalue weighted by Crippen LogP contribution is -2.25. The van der Waals surface area contributed by atoms with E-state index in [9.17, 15) is 14.0 Å². The normalized spacial score (nSPS) is 10.8. The third kappa shape index (κ3) is 3.77. The maximum atomic E-state index is 14.3. The van der Waals surface area contributed by atoms with Gasteiger partial charge in [0, 0.05) is 12.4 Å². The van der Waals surface area contributed by atoms with Gasteiger partial charge in [0.25, 0.3) is 5.91 Å². The van der Waals surface area contributed by atoms with Crippen molar-refractivity contribution in [2.45, 2.75) is 6.92 Å². The Bertz CT molecular complexity index is 1050. The number of pyridine rings is 1. The Hall–Kier alpha value is -3.50. The molecule has 2 aromatic heterocycles. The Kier molecular flexibility index (Phi) is 5.52. The number of furan rings is 1. The van der Waals surface area contributed by atoms with E-state index in [2.05, 4.69) is 15.8 Å². The van der Waals surface area contributed by atoms with Crippen LogP contribution < -0.4 is 16.5 Å². The van der Waals surface area contributed by atoms with E-state index in [1.807, 2.05) is 0 Å². The minimum atomic E-state index is -0.810. The summed E-state index contributed by atoms with van der Waals surface area (Å²) >= 11 is 0. The number of anilines is 2. The number of carbonyl (C=O) groups is 2. The average Bonchev–Trinajstić information content (AvgIpc) is 3.02. The quantitative estimate of drug-likeness (QED) is 0.357. The third-order valence-corrected chi connectivity index (χ3v) is 3.81. The zero-order chi connectivity index (χ0) is 20.3. The van der Waals surface area contributed by atoms with E-state index >= 15 is 0 Å². The number of nitrogens with one attached hydrogen (secondary N) is 2. The number of hydrogen-bond donors (Lipinski definition) is 4. The highest BCUT2D eigenvalue weighted by atomic mass is 19.1. The number of fused-ring (bicyclic) bond motifs is 1. The molecule has 5 N–H and O–H groups in total. The summed E-state index contributed by atoms with van der Waals surface area (Å²) in [6.07, 6.45) is 2.55. The minimum Gasteiger partial charge on any atom is -0.448 e. The molecule has 0 atom stereocenters. The standard InChI is InChI=1S/C18H17FN4O5/c1-9-2-3-13(12(19)6-9)22-14-10-7-21-8-11(17(20)25)15(10)28-16(14)18(26)23-27-5-4-24/h2-3,6-8,22,24H,4-5H2,1H3,(H2,20,25)(H,23,26). The minimum absolute atomic E-state index is 0.0184. The first-order valence-electron chi connectivity index (χ1n) is 8.18. The number of halogens is 1. The summed E-state index contributed by atoms with van der Waals surface area (Å²) in [4.78, 5) is 32.8. The van der Waals surface area contributed by atoms with Crippen LogP contribution in [0, 0.1) is 12.7 Å². The fraction of sp³-hybridized carbons (Fsp3) is 0.167. The predicted molar refractivity (Wildman–Crippen MR) is 97.5 cm³/mol. The van der Waals surface area contributed by atoms with E-state index in [1.54, 1.807) is 13.0 Å². The molecular weight excluding hydrogens is 371 g/mol. The number of rotatable bonds is 7. The highest BCUT2D eigenvalue weighted by Crippen LogP contribution is 2.35. The van der Waals surface area contributed by atoms with Crippen molar-refractivity contribution in [1.82, 2.24) is 10.5 Å². The number of benzene rings is 1. The summed E-state index contributed by atoms with van der Waals surface area (Å²) < 4.78 is 19.8. The zero-order valence-electron chi connectivity index (χ0n) is 14.8. The smallest absolute Gasteiger partial charge is 0.312 e. The summed E-state index contributed by atoms with van der Waals surface area (Å²) in [5.74, 6) is -2.43. The van der Waals surface area contributed by atoms with Gasteiger partial charge in [0.05, 0.1) is 24.3 Å². The van der Waals surface area contributed by atoms with Crippen LogP contribution in [0.4, 0.5) is 15.8 Å². The highest BCUT2D eigenvalue weighted by Gasteiger charge is 2.25. The van der Waals surface area contributed by atoms with E-state index in [0.29, 0.717) is 5.56 Å². The van der Waals surface area contributed by atoms with Crippen molar-refractivity contribution < 1.29 is 28.3 Å². The van der Waals surface area contributed by atoms with Gasteiger partial charge < -0.3 is 20.6 Å². The molecular formula is C18H17FN4O5. The molecule has 0 spiro atoms. The maximum absolute atomic E-state index is 14.3. The lowest BCUT2D eigenvalue weighted by molar-refractivity contribution is 0.0152. The zero-order valence-corrected chi connectivity index (χ0v) is 14.8. The molecule has 28 heavy (non-hydrogen) atoms. The molecule has 2 heterocycles. The van der Waals surface area contributed by atoms with Gasteiger partial charge in [-0.15, -0.1) is 0 Å². The van der Waals surface area contributed by atoms with Crippen LogP contribution in [0.2, 0.25) is 0 Å². The molecule has 10 heteroatoms. The number of carbonyl (C=O) groups excluding carboxylic acids is 2. The largest absolute Gasteiger partial charge is 0.448 e. The molecule has 0 aliphatic carbocycles. The second-order valence-electron chi connectivity index (χ2n) is 5.85. The number of hydroxylamine groups is 1. The fourth-order valence-electron chi connectivity index (χ4n) is 2.54. The third-order valence-electron chi connectivity index (χ3n) is 3.81. The van der Waals surface area contributed by atoms with Gasteiger partial charge in [0.15, 0.2) is 5.58 Å². The van der Waals surface area contributed by atoms with Crippen molar-refractivity contribution in [3.8, 4) is 0 Å². The van der Waals surface area contributed by atoms with Gasteiger partial charge in [0.2, 0.25) is 5.76 Å². The monoisotopic (exact) mass is 388 g/mol. The van der Waals surface area contributed by atoms with Crippen LogP contribution >= 0.6 is 0 Å². The maximum Gasteiger partial charge on any atom is 0.312 e. The van der Waals surface area contributed by atoms with Crippen molar-refractivity contribution >= 4 is 34.2 Å². The number of aliphatic hydroxyl groups is 1. The van der Waals surface area contributed by atoms with Gasteiger partial charge in [-0.3, -0.25) is 19.4 Å². The van der Waals surface area contributed by atoms with Gasteiger partial charge in [-0.1, -0.05) is 6.07 Å². The second kappa shape index (κ2) is 8.03. The molecule has 9 nitrogen and oxygen atoms in total. The SMILES string of the molecule is Cc1ccc(Nc2c(C(=O)NOCCO)oc3c(C(N)=O)cncc23)c(F)c1. The fourth-order valence-corrected chi connectivity index (χ4v) is 2.54. The highest BCUT2D eigenvalue weighted by molar-refractivity contribution is 6.12. The lowest BCUT2D eigenvalue weighted by Gasteiger charge is -2.09. The number of amides is 2. The van der Waals surface area contributed by atoms with Crippen LogP contribution in [0.25, 0.3) is 11.0 Å². The van der Waals surface area contributed by atoms with Crippen LogP contribution in [0.15, 0.2) is 35.0 Å². The van der Waals surface area contributed by atoms with E-state index in [4.69, 9.17) is 20.1 Å².